The van der Waals surface area contributed by atoms with Crippen molar-refractivity contribution in [1.29, 1.82) is 0 Å². The zero-order valence-corrected chi connectivity index (χ0v) is 11.4. The van der Waals surface area contributed by atoms with Crippen LogP contribution in [0.2, 0.25) is 0 Å². The number of aliphatic imine (C=N–C) groups is 1. The molecule has 0 atom stereocenters. The quantitative estimate of drug-likeness (QED) is 0.600. The molecule has 1 aromatic rings. The second-order valence-corrected chi connectivity index (χ2v) is 4.44. The van der Waals surface area contributed by atoms with Gasteiger partial charge in [0, 0.05) is 6.54 Å². The highest BCUT2D eigenvalue weighted by Gasteiger charge is 1.98. The Morgan fingerprint density at radius 3 is 2.56 bits per heavy atom. The number of ether oxygens (including phenoxy) is 1. The fraction of sp³-hybridized carbons (Fsp3) is 0.500. The van der Waals surface area contributed by atoms with Crippen molar-refractivity contribution in [3.63, 3.8) is 0 Å². The maximum absolute atomic E-state index is 5.72. The molecule has 3 N–H and O–H groups in total. The highest BCUT2D eigenvalue weighted by atomic mass is 16.5. The molecule has 0 radical (unpaired) electrons. The molecule has 1 rings (SSSR count). The molecule has 0 aliphatic carbocycles. The Morgan fingerprint density at radius 1 is 1.33 bits per heavy atom. The van der Waals surface area contributed by atoms with Crippen LogP contribution in [0.5, 0.6) is 5.75 Å². The van der Waals surface area contributed by atoms with Gasteiger partial charge < -0.3 is 15.8 Å². The molecular formula is C14H23N3O. The van der Waals surface area contributed by atoms with Crippen LogP contribution in [0, 0.1) is 0 Å². The molecule has 18 heavy (non-hydrogen) atoms. The topological polar surface area (TPSA) is 59.6 Å². The third-order valence-corrected chi connectivity index (χ3v) is 2.28. The minimum atomic E-state index is 0.197. The van der Waals surface area contributed by atoms with Crippen LogP contribution in [0.3, 0.4) is 0 Å². The molecule has 0 amide bonds. The Kier molecular flexibility index (Phi) is 6.05. The molecular weight excluding hydrogens is 226 g/mol. The lowest BCUT2D eigenvalue weighted by Crippen LogP contribution is -2.32. The van der Waals surface area contributed by atoms with Gasteiger partial charge >= 0.3 is 0 Å². The molecule has 0 heterocycles. The molecule has 0 spiro atoms. The summed E-state index contributed by atoms with van der Waals surface area (Å²) in [6.45, 7) is 7.56. The maximum atomic E-state index is 5.72. The summed E-state index contributed by atoms with van der Waals surface area (Å²) in [6, 6.07) is 7.93. The third kappa shape index (κ3) is 5.57. The first kappa shape index (κ1) is 14.4. The van der Waals surface area contributed by atoms with Gasteiger partial charge in [0.1, 0.15) is 5.75 Å². The zero-order valence-electron chi connectivity index (χ0n) is 11.4. The molecule has 100 valence electrons. The lowest BCUT2D eigenvalue weighted by atomic mass is 10.2. The lowest BCUT2D eigenvalue weighted by molar-refractivity contribution is 0.242. The largest absolute Gasteiger partial charge is 0.491 e. The fourth-order valence-electron chi connectivity index (χ4n) is 1.43. The number of hydrogen-bond donors (Lipinski definition) is 2. The molecule has 4 nitrogen and oxygen atoms in total. The van der Waals surface area contributed by atoms with Gasteiger partial charge in [-0.2, -0.15) is 0 Å². The van der Waals surface area contributed by atoms with Crippen molar-refractivity contribution in [3.8, 4) is 5.75 Å². The van der Waals surface area contributed by atoms with Gasteiger partial charge in [-0.15, -0.1) is 0 Å². The minimum absolute atomic E-state index is 0.197. The lowest BCUT2D eigenvalue weighted by Gasteiger charge is -2.09. The Labute approximate surface area is 109 Å². The van der Waals surface area contributed by atoms with E-state index in [2.05, 4.69) is 17.2 Å². The molecule has 0 saturated heterocycles. The smallest absolute Gasteiger partial charge is 0.188 e. The van der Waals surface area contributed by atoms with Gasteiger partial charge in [-0.1, -0.05) is 19.1 Å². The van der Waals surface area contributed by atoms with Crippen molar-refractivity contribution < 1.29 is 4.74 Å². The highest BCUT2D eigenvalue weighted by molar-refractivity contribution is 5.77. The van der Waals surface area contributed by atoms with Crippen molar-refractivity contribution in [2.24, 2.45) is 10.7 Å². The number of nitrogens with one attached hydrogen (secondary N) is 1. The van der Waals surface area contributed by atoms with Crippen LogP contribution < -0.4 is 15.8 Å². The summed E-state index contributed by atoms with van der Waals surface area (Å²) in [7, 11) is 0. The number of nitrogens with two attached hydrogens (primary N) is 1. The summed E-state index contributed by atoms with van der Waals surface area (Å²) in [5.41, 5.74) is 6.84. The fourth-order valence-corrected chi connectivity index (χ4v) is 1.43. The van der Waals surface area contributed by atoms with Crippen LogP contribution >= 0.6 is 0 Å². The van der Waals surface area contributed by atoms with Crippen LogP contribution in [0.15, 0.2) is 29.3 Å². The van der Waals surface area contributed by atoms with E-state index < -0.39 is 0 Å². The SMILES string of the molecule is CCCNC(N)=NCc1ccc(OC(C)C)cc1. The number of guanidine groups is 1. The Hall–Kier alpha value is -1.71. The predicted molar refractivity (Wildman–Crippen MR) is 75.8 cm³/mol. The molecule has 0 aliphatic heterocycles. The summed E-state index contributed by atoms with van der Waals surface area (Å²) < 4.78 is 5.58. The maximum Gasteiger partial charge on any atom is 0.188 e. The van der Waals surface area contributed by atoms with Gasteiger partial charge in [-0.25, -0.2) is 4.99 Å². The van der Waals surface area contributed by atoms with E-state index in [9.17, 15) is 0 Å². The number of rotatable bonds is 6. The third-order valence-electron chi connectivity index (χ3n) is 2.28. The molecule has 0 unspecified atom stereocenters. The molecule has 1 aromatic carbocycles. The second kappa shape index (κ2) is 7.58. The van der Waals surface area contributed by atoms with E-state index >= 15 is 0 Å². The molecule has 0 aliphatic rings. The summed E-state index contributed by atoms with van der Waals surface area (Å²) in [4.78, 5) is 4.27. The van der Waals surface area contributed by atoms with E-state index in [-0.39, 0.29) is 6.10 Å². The average molecular weight is 249 g/mol. The van der Waals surface area contributed by atoms with Crippen LogP contribution in [0.1, 0.15) is 32.8 Å². The Bertz CT molecular complexity index is 371. The Morgan fingerprint density at radius 2 is 2.00 bits per heavy atom. The monoisotopic (exact) mass is 249 g/mol. The predicted octanol–water partition coefficient (Wildman–Crippen LogP) is 2.29. The van der Waals surface area contributed by atoms with E-state index in [1.807, 2.05) is 38.1 Å². The van der Waals surface area contributed by atoms with Gasteiger partial charge in [-0.05, 0) is 38.0 Å². The van der Waals surface area contributed by atoms with Gasteiger partial charge in [0.05, 0.1) is 12.6 Å². The Balaban J connectivity index is 2.48. The minimum Gasteiger partial charge on any atom is -0.491 e. The summed E-state index contributed by atoms with van der Waals surface area (Å²) >= 11 is 0. The normalized spacial score (nSPS) is 11.7. The highest BCUT2D eigenvalue weighted by Crippen LogP contribution is 2.14. The number of benzene rings is 1. The van der Waals surface area contributed by atoms with E-state index in [0.717, 1.165) is 24.3 Å². The van der Waals surface area contributed by atoms with Crippen molar-refractivity contribution >= 4 is 5.96 Å². The molecule has 0 aromatic heterocycles. The van der Waals surface area contributed by atoms with Gasteiger partial charge in [-0.3, -0.25) is 0 Å². The van der Waals surface area contributed by atoms with Crippen LogP contribution in [-0.4, -0.2) is 18.6 Å². The number of hydrogen-bond acceptors (Lipinski definition) is 2. The molecule has 0 saturated carbocycles. The van der Waals surface area contributed by atoms with Crippen molar-refractivity contribution in [3.05, 3.63) is 29.8 Å². The van der Waals surface area contributed by atoms with Gasteiger partial charge in [0.2, 0.25) is 0 Å². The summed E-state index contributed by atoms with van der Waals surface area (Å²) in [5, 5.41) is 3.04. The standard InChI is InChI=1S/C14H23N3O/c1-4-9-16-14(15)17-10-12-5-7-13(8-6-12)18-11(2)3/h5-8,11H,4,9-10H2,1-3H3,(H3,15,16,17). The first-order valence-electron chi connectivity index (χ1n) is 6.41. The zero-order chi connectivity index (χ0) is 13.4. The number of nitrogens with zero attached hydrogens (tertiary/aromatic N) is 1. The first-order chi connectivity index (χ1) is 8.61. The van der Waals surface area contributed by atoms with E-state index in [4.69, 9.17) is 10.5 Å². The van der Waals surface area contributed by atoms with Gasteiger partial charge in [0.15, 0.2) is 5.96 Å². The van der Waals surface area contributed by atoms with Crippen molar-refractivity contribution in [2.45, 2.75) is 39.8 Å². The van der Waals surface area contributed by atoms with Gasteiger partial charge in [0.25, 0.3) is 0 Å². The van der Waals surface area contributed by atoms with Crippen molar-refractivity contribution in [2.75, 3.05) is 6.54 Å². The van der Waals surface area contributed by atoms with Crippen LogP contribution in [0.25, 0.3) is 0 Å². The molecule has 4 heteroatoms. The summed E-state index contributed by atoms with van der Waals surface area (Å²) in [6.07, 6.45) is 1.24. The van der Waals surface area contributed by atoms with Crippen LogP contribution in [-0.2, 0) is 6.54 Å². The summed E-state index contributed by atoms with van der Waals surface area (Å²) in [5.74, 6) is 1.38. The average Bonchev–Trinajstić information content (AvgIpc) is 2.35. The second-order valence-electron chi connectivity index (χ2n) is 4.44. The van der Waals surface area contributed by atoms with Crippen molar-refractivity contribution in [1.82, 2.24) is 5.32 Å². The van der Waals surface area contributed by atoms with E-state index in [1.54, 1.807) is 0 Å². The van der Waals surface area contributed by atoms with E-state index in [0.29, 0.717) is 12.5 Å². The van der Waals surface area contributed by atoms with E-state index in [1.165, 1.54) is 0 Å². The van der Waals surface area contributed by atoms with Crippen LogP contribution in [0.4, 0.5) is 0 Å². The molecule has 0 fully saturated rings. The first-order valence-corrected chi connectivity index (χ1v) is 6.41. The molecule has 0 bridgehead atoms.